The highest BCUT2D eigenvalue weighted by atomic mass is 16.5. The molecule has 0 aliphatic rings. The molecular weight excluding hydrogens is 340 g/mol. The Hall–Kier alpha value is -3.86. The van der Waals surface area contributed by atoms with Crippen LogP contribution in [0.3, 0.4) is 0 Å². The first kappa shape index (κ1) is 16.6. The minimum atomic E-state index is 0.690. The predicted molar refractivity (Wildman–Crippen MR) is 102 cm³/mol. The van der Waals surface area contributed by atoms with Crippen LogP contribution >= 0.6 is 0 Å². The van der Waals surface area contributed by atoms with E-state index in [-0.39, 0.29) is 0 Å². The van der Waals surface area contributed by atoms with Crippen LogP contribution in [0.4, 0.5) is 0 Å². The van der Waals surface area contributed by atoms with Gasteiger partial charge in [0.05, 0.1) is 12.4 Å². The van der Waals surface area contributed by atoms with Gasteiger partial charge in [-0.2, -0.15) is 0 Å². The summed E-state index contributed by atoms with van der Waals surface area (Å²) in [4.78, 5) is 8.05. The Morgan fingerprint density at radius 3 is 1.04 bits per heavy atom. The molecule has 27 heavy (non-hydrogen) atoms. The molecule has 2 heterocycles. The van der Waals surface area contributed by atoms with Gasteiger partial charge >= 0.3 is 0 Å². The van der Waals surface area contributed by atoms with Gasteiger partial charge in [-0.1, -0.05) is 0 Å². The normalized spacial score (nSPS) is 10.2. The van der Waals surface area contributed by atoms with E-state index >= 15 is 0 Å². The average Bonchev–Trinajstić information content (AvgIpc) is 2.73. The Bertz CT molecular complexity index is 890. The highest BCUT2D eigenvalue weighted by Gasteiger charge is 2.02. The van der Waals surface area contributed by atoms with Gasteiger partial charge in [-0.25, -0.2) is 0 Å². The van der Waals surface area contributed by atoms with Crippen molar-refractivity contribution in [2.24, 2.45) is 0 Å². The molecule has 0 spiro atoms. The van der Waals surface area contributed by atoms with E-state index in [0.29, 0.717) is 11.5 Å². The van der Waals surface area contributed by atoms with E-state index in [1.54, 1.807) is 24.8 Å². The molecule has 0 fully saturated rings. The molecule has 4 rings (SSSR count). The molecule has 4 aromatic rings. The zero-order valence-electron chi connectivity index (χ0n) is 14.4. The fraction of sp³-hybridized carbons (Fsp3) is 0. The third-order valence-corrected chi connectivity index (χ3v) is 3.62. The number of nitrogens with zero attached hydrogens (tertiary/aromatic N) is 2. The van der Waals surface area contributed by atoms with Crippen molar-refractivity contribution in [2.45, 2.75) is 0 Å². The van der Waals surface area contributed by atoms with E-state index < -0.39 is 0 Å². The molecule has 2 aromatic heterocycles. The Morgan fingerprint density at radius 2 is 0.741 bits per heavy atom. The molecule has 0 amide bonds. The standard InChI is InChI=1S/C22H16N2O3/c1-3-21(15-23-13-1)26-19-9-5-17(6-10-19)25-18-7-11-20(12-8-18)27-22-4-2-14-24-16-22/h1-16H. The maximum atomic E-state index is 5.85. The summed E-state index contributed by atoms with van der Waals surface area (Å²) in [5, 5.41) is 0. The van der Waals surface area contributed by atoms with Gasteiger partial charge in [0, 0.05) is 12.4 Å². The number of hydrogen-bond acceptors (Lipinski definition) is 5. The van der Waals surface area contributed by atoms with Crippen molar-refractivity contribution in [3.63, 3.8) is 0 Å². The number of pyridine rings is 2. The number of ether oxygens (including phenoxy) is 3. The molecule has 132 valence electrons. The van der Waals surface area contributed by atoms with Crippen LogP contribution in [0.25, 0.3) is 0 Å². The number of aromatic nitrogens is 2. The number of benzene rings is 2. The Morgan fingerprint density at radius 1 is 0.407 bits per heavy atom. The molecular formula is C22H16N2O3. The molecule has 0 bridgehead atoms. The van der Waals surface area contributed by atoms with Crippen LogP contribution in [0.2, 0.25) is 0 Å². The van der Waals surface area contributed by atoms with Gasteiger partial charge < -0.3 is 14.2 Å². The van der Waals surface area contributed by atoms with Crippen molar-refractivity contribution < 1.29 is 14.2 Å². The SMILES string of the molecule is c1cncc(Oc2ccc(Oc3ccc(Oc4cccnc4)cc3)cc2)c1. The van der Waals surface area contributed by atoms with Crippen LogP contribution in [-0.2, 0) is 0 Å². The van der Waals surface area contributed by atoms with E-state index in [9.17, 15) is 0 Å². The summed E-state index contributed by atoms with van der Waals surface area (Å²) in [7, 11) is 0. The van der Waals surface area contributed by atoms with Crippen molar-refractivity contribution >= 4 is 0 Å². The Labute approximate surface area is 156 Å². The second-order valence-corrected chi connectivity index (χ2v) is 5.63. The minimum Gasteiger partial charge on any atom is -0.457 e. The zero-order chi connectivity index (χ0) is 18.3. The molecule has 2 aromatic carbocycles. The molecule has 0 saturated heterocycles. The van der Waals surface area contributed by atoms with Gasteiger partial charge in [-0.3, -0.25) is 9.97 Å². The van der Waals surface area contributed by atoms with E-state index in [2.05, 4.69) is 9.97 Å². The molecule has 0 atom stereocenters. The molecule has 0 saturated carbocycles. The minimum absolute atomic E-state index is 0.690. The lowest BCUT2D eigenvalue weighted by Gasteiger charge is -2.09. The topological polar surface area (TPSA) is 53.5 Å². The van der Waals surface area contributed by atoms with Crippen LogP contribution in [0.5, 0.6) is 34.5 Å². The first-order valence-corrected chi connectivity index (χ1v) is 8.39. The van der Waals surface area contributed by atoms with Gasteiger partial charge in [0.1, 0.15) is 34.5 Å². The smallest absolute Gasteiger partial charge is 0.145 e. The van der Waals surface area contributed by atoms with E-state index in [4.69, 9.17) is 14.2 Å². The molecule has 0 unspecified atom stereocenters. The quantitative estimate of drug-likeness (QED) is 0.433. The van der Waals surface area contributed by atoms with Crippen LogP contribution in [0.1, 0.15) is 0 Å². The summed E-state index contributed by atoms with van der Waals surface area (Å²) in [5.41, 5.74) is 0. The van der Waals surface area contributed by atoms with Crippen molar-refractivity contribution in [2.75, 3.05) is 0 Å². The maximum absolute atomic E-state index is 5.85. The van der Waals surface area contributed by atoms with E-state index in [1.165, 1.54) is 0 Å². The first-order chi connectivity index (χ1) is 13.3. The highest BCUT2D eigenvalue weighted by molar-refractivity contribution is 5.39. The molecule has 0 aliphatic carbocycles. The summed E-state index contributed by atoms with van der Waals surface area (Å²) in [6.07, 6.45) is 6.74. The van der Waals surface area contributed by atoms with Gasteiger partial charge in [0.25, 0.3) is 0 Å². The summed E-state index contributed by atoms with van der Waals surface area (Å²) in [6, 6.07) is 22.2. The van der Waals surface area contributed by atoms with Gasteiger partial charge in [0.15, 0.2) is 0 Å². The van der Waals surface area contributed by atoms with Crippen LogP contribution in [0, 0.1) is 0 Å². The monoisotopic (exact) mass is 356 g/mol. The summed E-state index contributed by atoms with van der Waals surface area (Å²) in [5.74, 6) is 4.25. The second-order valence-electron chi connectivity index (χ2n) is 5.63. The maximum Gasteiger partial charge on any atom is 0.145 e. The van der Waals surface area contributed by atoms with Crippen molar-refractivity contribution in [3.8, 4) is 34.5 Å². The molecule has 5 nitrogen and oxygen atoms in total. The fourth-order valence-corrected chi connectivity index (χ4v) is 2.37. The Balaban J connectivity index is 1.37. The van der Waals surface area contributed by atoms with Crippen molar-refractivity contribution in [3.05, 3.63) is 97.6 Å². The highest BCUT2D eigenvalue weighted by Crippen LogP contribution is 2.28. The lowest BCUT2D eigenvalue weighted by atomic mass is 10.3. The largest absolute Gasteiger partial charge is 0.457 e. The predicted octanol–water partition coefficient (Wildman–Crippen LogP) is 5.85. The van der Waals surface area contributed by atoms with Gasteiger partial charge in [0.2, 0.25) is 0 Å². The molecule has 5 heteroatoms. The second kappa shape index (κ2) is 8.01. The Kier molecular flexibility index (Phi) is 4.93. The van der Waals surface area contributed by atoms with Crippen molar-refractivity contribution in [1.82, 2.24) is 9.97 Å². The van der Waals surface area contributed by atoms with E-state index in [1.807, 2.05) is 72.8 Å². The van der Waals surface area contributed by atoms with E-state index in [0.717, 1.165) is 23.0 Å². The lowest BCUT2D eigenvalue weighted by molar-refractivity contribution is 0.463. The van der Waals surface area contributed by atoms with Crippen molar-refractivity contribution in [1.29, 1.82) is 0 Å². The number of rotatable bonds is 6. The van der Waals surface area contributed by atoms with Gasteiger partial charge in [-0.15, -0.1) is 0 Å². The fourth-order valence-electron chi connectivity index (χ4n) is 2.37. The van der Waals surface area contributed by atoms with Crippen LogP contribution in [-0.4, -0.2) is 9.97 Å². The molecule has 0 aliphatic heterocycles. The lowest BCUT2D eigenvalue weighted by Crippen LogP contribution is -1.88. The molecule has 0 N–H and O–H groups in total. The first-order valence-electron chi connectivity index (χ1n) is 8.39. The third-order valence-electron chi connectivity index (χ3n) is 3.62. The average molecular weight is 356 g/mol. The van der Waals surface area contributed by atoms with Crippen LogP contribution in [0.15, 0.2) is 97.6 Å². The molecule has 0 radical (unpaired) electrons. The summed E-state index contributed by atoms with van der Waals surface area (Å²) < 4.78 is 17.3. The third kappa shape index (κ3) is 4.61. The van der Waals surface area contributed by atoms with Gasteiger partial charge in [-0.05, 0) is 72.8 Å². The zero-order valence-corrected chi connectivity index (χ0v) is 14.4. The number of hydrogen-bond donors (Lipinski definition) is 0. The summed E-state index contributed by atoms with van der Waals surface area (Å²) >= 11 is 0. The summed E-state index contributed by atoms with van der Waals surface area (Å²) in [6.45, 7) is 0. The van der Waals surface area contributed by atoms with Crippen LogP contribution < -0.4 is 14.2 Å².